The summed E-state index contributed by atoms with van der Waals surface area (Å²) in [6.45, 7) is 0.508. The van der Waals surface area contributed by atoms with E-state index in [1.807, 2.05) is 24.3 Å². The van der Waals surface area contributed by atoms with Crippen LogP contribution in [0.5, 0.6) is 11.5 Å². The normalized spacial score (nSPS) is 11.2. The van der Waals surface area contributed by atoms with Gasteiger partial charge in [-0.15, -0.1) is 11.3 Å². The molecule has 39 heavy (non-hydrogen) atoms. The summed E-state index contributed by atoms with van der Waals surface area (Å²) in [5.74, 6) is 0.0324. The quantitative estimate of drug-likeness (QED) is 0.0988. The van der Waals surface area contributed by atoms with Gasteiger partial charge in [-0.2, -0.15) is 10.2 Å². The Balaban J connectivity index is 1.16. The zero-order valence-corrected chi connectivity index (χ0v) is 22.8. The number of amides is 1. The fourth-order valence-electron chi connectivity index (χ4n) is 3.65. The van der Waals surface area contributed by atoms with Gasteiger partial charge in [0, 0.05) is 21.3 Å². The van der Waals surface area contributed by atoms with Gasteiger partial charge in [0.1, 0.15) is 16.4 Å². The van der Waals surface area contributed by atoms with Crippen LogP contribution < -0.4 is 14.9 Å². The van der Waals surface area contributed by atoms with Crippen LogP contribution in [0.3, 0.4) is 0 Å². The minimum Gasteiger partial charge on any atom is -0.497 e. The van der Waals surface area contributed by atoms with Crippen molar-refractivity contribution in [2.45, 2.75) is 6.54 Å². The first-order valence-corrected chi connectivity index (χ1v) is 13.2. The number of fused-ring (bicyclic) bond motifs is 1. The van der Waals surface area contributed by atoms with Crippen molar-refractivity contribution in [3.63, 3.8) is 0 Å². The summed E-state index contributed by atoms with van der Waals surface area (Å²) in [7, 11) is 1.58. The molecule has 2 aromatic heterocycles. The second-order valence-electron chi connectivity index (χ2n) is 8.29. The third-order valence-electron chi connectivity index (χ3n) is 5.62. The molecule has 0 saturated carbocycles. The molecule has 0 aliphatic rings. The number of carbonyl (C=O) groups is 2. The molecular weight excluding hydrogens is 559 g/mol. The highest BCUT2D eigenvalue weighted by Crippen LogP contribution is 2.37. The smallest absolute Gasteiger partial charge is 0.355 e. The molecule has 0 bridgehead atoms. The molecule has 196 valence electrons. The number of carbonyl (C=O) groups excluding carboxylic acids is 2. The molecule has 0 aliphatic heterocycles. The standard InChI is InChI=1S/C28H20Cl2N4O4S/c1-37-21-10-11-22-24(14-21)39-26(25(22)30)28(36)38-20-8-4-17(5-9-20)15-31-32-27(35)23-12-13-34(33-23)16-18-2-6-19(29)7-3-18/h2-15H,16H2,1H3,(H,32,35)/b31-15+. The third-order valence-corrected chi connectivity index (χ3v) is 7.51. The molecule has 0 aliphatic carbocycles. The molecule has 8 nitrogen and oxygen atoms in total. The van der Waals surface area contributed by atoms with E-state index in [0.717, 1.165) is 15.6 Å². The molecule has 0 atom stereocenters. The Morgan fingerprint density at radius 3 is 2.51 bits per heavy atom. The zero-order chi connectivity index (χ0) is 27.4. The summed E-state index contributed by atoms with van der Waals surface area (Å²) in [5, 5.41) is 10.0. The number of ether oxygens (including phenoxy) is 2. The molecule has 1 N–H and O–H groups in total. The summed E-state index contributed by atoms with van der Waals surface area (Å²) in [4.78, 5) is 25.4. The highest BCUT2D eigenvalue weighted by molar-refractivity contribution is 7.21. The lowest BCUT2D eigenvalue weighted by molar-refractivity contribution is 0.0739. The van der Waals surface area contributed by atoms with Gasteiger partial charge in [-0.25, -0.2) is 10.2 Å². The van der Waals surface area contributed by atoms with Crippen LogP contribution in [-0.2, 0) is 6.54 Å². The fraction of sp³-hybridized carbons (Fsp3) is 0.0714. The molecule has 3 aromatic carbocycles. The maximum Gasteiger partial charge on any atom is 0.355 e. The predicted molar refractivity (Wildman–Crippen MR) is 153 cm³/mol. The van der Waals surface area contributed by atoms with E-state index in [4.69, 9.17) is 32.7 Å². The van der Waals surface area contributed by atoms with Gasteiger partial charge in [0.05, 0.1) is 24.9 Å². The van der Waals surface area contributed by atoms with Gasteiger partial charge in [0.25, 0.3) is 5.91 Å². The molecule has 5 aromatic rings. The Labute approximate surface area is 237 Å². The van der Waals surface area contributed by atoms with Crippen LogP contribution >= 0.6 is 34.5 Å². The monoisotopic (exact) mass is 578 g/mol. The van der Waals surface area contributed by atoms with Crippen LogP contribution in [0.25, 0.3) is 10.1 Å². The molecular formula is C28H20Cl2N4O4S. The average Bonchev–Trinajstić information content (AvgIpc) is 3.55. The largest absolute Gasteiger partial charge is 0.497 e. The lowest BCUT2D eigenvalue weighted by atomic mass is 10.2. The number of hydrogen-bond acceptors (Lipinski definition) is 7. The summed E-state index contributed by atoms with van der Waals surface area (Å²) in [6.07, 6.45) is 3.19. The molecule has 0 spiro atoms. The number of esters is 1. The number of rotatable bonds is 8. The Hall–Kier alpha value is -4.18. The van der Waals surface area contributed by atoms with E-state index >= 15 is 0 Å². The van der Waals surface area contributed by atoms with E-state index in [9.17, 15) is 9.59 Å². The molecule has 2 heterocycles. The van der Waals surface area contributed by atoms with Gasteiger partial charge >= 0.3 is 5.97 Å². The van der Waals surface area contributed by atoms with Crippen molar-refractivity contribution < 1.29 is 19.1 Å². The van der Waals surface area contributed by atoms with Crippen molar-refractivity contribution in [1.29, 1.82) is 0 Å². The molecule has 11 heteroatoms. The predicted octanol–water partition coefficient (Wildman–Crippen LogP) is 6.44. The lowest BCUT2D eigenvalue weighted by Crippen LogP contribution is -2.18. The Morgan fingerprint density at radius 2 is 1.77 bits per heavy atom. The maximum atomic E-state index is 12.7. The molecule has 1 amide bonds. The van der Waals surface area contributed by atoms with Crippen molar-refractivity contribution in [3.05, 3.63) is 111 Å². The van der Waals surface area contributed by atoms with Crippen LogP contribution in [0.1, 0.15) is 31.3 Å². The summed E-state index contributed by atoms with van der Waals surface area (Å²) < 4.78 is 13.2. The van der Waals surface area contributed by atoms with Gasteiger partial charge in [0.2, 0.25) is 0 Å². The number of nitrogens with zero attached hydrogens (tertiary/aromatic N) is 3. The molecule has 0 unspecified atom stereocenters. The van der Waals surface area contributed by atoms with E-state index in [-0.39, 0.29) is 5.69 Å². The average molecular weight is 579 g/mol. The minimum atomic E-state index is -0.552. The highest BCUT2D eigenvalue weighted by atomic mass is 35.5. The number of aromatic nitrogens is 2. The van der Waals surface area contributed by atoms with Gasteiger partial charge in [0.15, 0.2) is 5.69 Å². The molecule has 5 rings (SSSR count). The van der Waals surface area contributed by atoms with Crippen molar-refractivity contribution in [2.75, 3.05) is 7.11 Å². The van der Waals surface area contributed by atoms with Gasteiger partial charge in [-0.1, -0.05) is 35.3 Å². The maximum absolute atomic E-state index is 12.7. The van der Waals surface area contributed by atoms with Crippen LogP contribution in [0, 0.1) is 0 Å². The number of benzene rings is 3. The number of hydrazone groups is 1. The number of nitrogens with one attached hydrogen (secondary N) is 1. The first-order chi connectivity index (χ1) is 18.9. The third kappa shape index (κ3) is 6.28. The topological polar surface area (TPSA) is 94.8 Å². The van der Waals surface area contributed by atoms with Crippen molar-refractivity contribution in [3.8, 4) is 11.5 Å². The second-order valence-corrected chi connectivity index (χ2v) is 10.2. The lowest BCUT2D eigenvalue weighted by Gasteiger charge is -2.03. The van der Waals surface area contributed by atoms with Crippen LogP contribution in [0.15, 0.2) is 84.1 Å². The Bertz CT molecular complexity index is 1680. The van der Waals surface area contributed by atoms with Gasteiger partial charge < -0.3 is 9.47 Å². The van der Waals surface area contributed by atoms with Crippen LogP contribution in [0.2, 0.25) is 10.0 Å². The Morgan fingerprint density at radius 1 is 1.03 bits per heavy atom. The fourth-order valence-corrected chi connectivity index (χ4v) is 5.19. The SMILES string of the molecule is COc1ccc2c(Cl)c(C(=O)Oc3ccc(/C=N/NC(=O)c4ccn(Cc5ccc(Cl)cc5)n4)cc3)sc2c1. The highest BCUT2D eigenvalue weighted by Gasteiger charge is 2.19. The molecule has 0 fully saturated rings. The number of methoxy groups -OCH3 is 1. The van der Waals surface area contributed by atoms with E-state index in [1.165, 1.54) is 17.6 Å². The van der Waals surface area contributed by atoms with Crippen molar-refractivity contribution in [1.82, 2.24) is 15.2 Å². The van der Waals surface area contributed by atoms with Crippen LogP contribution in [-0.4, -0.2) is 35.0 Å². The van der Waals surface area contributed by atoms with E-state index < -0.39 is 11.9 Å². The zero-order valence-electron chi connectivity index (χ0n) is 20.4. The number of halogens is 2. The van der Waals surface area contributed by atoms with E-state index in [2.05, 4.69) is 15.6 Å². The number of hydrogen-bond donors (Lipinski definition) is 1. The Kier molecular flexibility index (Phi) is 7.92. The van der Waals surface area contributed by atoms with E-state index in [1.54, 1.807) is 66.5 Å². The van der Waals surface area contributed by atoms with Gasteiger partial charge in [-0.05, 0) is 71.8 Å². The first kappa shape index (κ1) is 26.4. The minimum absolute atomic E-state index is 0.238. The first-order valence-electron chi connectivity index (χ1n) is 11.6. The second kappa shape index (κ2) is 11.7. The van der Waals surface area contributed by atoms with Crippen LogP contribution in [0.4, 0.5) is 0 Å². The van der Waals surface area contributed by atoms with E-state index in [0.29, 0.717) is 38.5 Å². The molecule has 0 saturated heterocycles. The summed E-state index contributed by atoms with van der Waals surface area (Å²) in [6, 6.07) is 21.1. The number of thiophene rings is 1. The van der Waals surface area contributed by atoms with Crippen molar-refractivity contribution >= 4 is 62.7 Å². The van der Waals surface area contributed by atoms with Crippen molar-refractivity contribution in [2.24, 2.45) is 5.10 Å². The van der Waals surface area contributed by atoms with Gasteiger partial charge in [-0.3, -0.25) is 9.48 Å². The molecule has 0 radical (unpaired) electrons. The summed E-state index contributed by atoms with van der Waals surface area (Å²) in [5.41, 5.74) is 4.39. The summed E-state index contributed by atoms with van der Waals surface area (Å²) >= 11 is 13.6.